The second-order valence-corrected chi connectivity index (χ2v) is 6.28. The summed E-state index contributed by atoms with van der Waals surface area (Å²) in [6.45, 7) is 0.642. The number of benzene rings is 2. The van der Waals surface area contributed by atoms with Gasteiger partial charge >= 0.3 is 0 Å². The van der Waals surface area contributed by atoms with E-state index < -0.39 is 0 Å². The summed E-state index contributed by atoms with van der Waals surface area (Å²) in [6, 6.07) is 13.4. The van der Waals surface area contributed by atoms with Crippen LogP contribution in [-0.2, 0) is 6.54 Å². The normalized spacial score (nSPS) is 10.8. The fourth-order valence-corrected chi connectivity index (χ4v) is 2.94. The second-order valence-electron chi connectivity index (χ2n) is 4.58. The van der Waals surface area contributed by atoms with Crippen LogP contribution in [-0.4, -0.2) is 4.98 Å². The van der Waals surface area contributed by atoms with E-state index in [1.54, 1.807) is 6.20 Å². The van der Waals surface area contributed by atoms with Crippen LogP contribution in [0.15, 0.2) is 53.1 Å². The van der Waals surface area contributed by atoms with E-state index in [4.69, 9.17) is 23.2 Å². The van der Waals surface area contributed by atoms with E-state index >= 15 is 0 Å². The third-order valence-corrected chi connectivity index (χ3v) is 4.45. The van der Waals surface area contributed by atoms with Gasteiger partial charge in [0.15, 0.2) is 0 Å². The molecule has 2 nitrogen and oxygen atoms in total. The third-order valence-electron chi connectivity index (χ3n) is 3.20. The molecule has 0 fully saturated rings. The summed E-state index contributed by atoms with van der Waals surface area (Å²) in [6.07, 6.45) is 1.78. The Balaban J connectivity index is 1.92. The quantitative estimate of drug-likeness (QED) is 0.609. The Morgan fingerprint density at radius 2 is 1.95 bits per heavy atom. The lowest BCUT2D eigenvalue weighted by atomic mass is 10.1. The van der Waals surface area contributed by atoms with Gasteiger partial charge in [-0.2, -0.15) is 0 Å². The van der Waals surface area contributed by atoms with Crippen molar-refractivity contribution in [2.75, 3.05) is 5.32 Å². The molecule has 0 aliphatic carbocycles. The van der Waals surface area contributed by atoms with Crippen molar-refractivity contribution in [3.63, 3.8) is 0 Å². The molecule has 1 N–H and O–H groups in total. The number of fused-ring (bicyclic) bond motifs is 1. The van der Waals surface area contributed by atoms with Crippen LogP contribution in [0.2, 0.25) is 10.0 Å². The molecule has 21 heavy (non-hydrogen) atoms. The first-order valence-corrected chi connectivity index (χ1v) is 7.91. The van der Waals surface area contributed by atoms with Gasteiger partial charge in [0.2, 0.25) is 0 Å². The maximum atomic E-state index is 6.21. The molecular formula is C16H11BrCl2N2. The van der Waals surface area contributed by atoms with Crippen LogP contribution in [0.4, 0.5) is 5.69 Å². The Bertz CT molecular complexity index is 805. The number of hydrogen-bond acceptors (Lipinski definition) is 2. The average molecular weight is 382 g/mol. The molecule has 2 aromatic carbocycles. The molecule has 0 radical (unpaired) electrons. The fraction of sp³-hybridized carbons (Fsp3) is 0.0625. The van der Waals surface area contributed by atoms with Crippen LogP contribution in [0.5, 0.6) is 0 Å². The van der Waals surface area contributed by atoms with Crippen molar-refractivity contribution in [3.05, 3.63) is 68.7 Å². The summed E-state index contributed by atoms with van der Waals surface area (Å²) in [5.74, 6) is 0. The summed E-state index contributed by atoms with van der Waals surface area (Å²) >= 11 is 15.7. The molecule has 3 aromatic rings. The second kappa shape index (κ2) is 6.22. The average Bonchev–Trinajstić information content (AvgIpc) is 2.50. The minimum absolute atomic E-state index is 0.642. The third kappa shape index (κ3) is 3.15. The number of pyridine rings is 1. The van der Waals surface area contributed by atoms with E-state index in [9.17, 15) is 0 Å². The molecule has 0 unspecified atom stereocenters. The molecule has 0 aliphatic rings. The number of halogens is 3. The summed E-state index contributed by atoms with van der Waals surface area (Å²) in [7, 11) is 0. The van der Waals surface area contributed by atoms with Gasteiger partial charge in [-0.3, -0.25) is 4.98 Å². The molecule has 0 amide bonds. The lowest BCUT2D eigenvalue weighted by molar-refractivity contribution is 1.15. The first-order chi connectivity index (χ1) is 10.1. The standard InChI is InChI=1S/C16H11BrCl2N2/c17-13-5-4-11(18)8-15(13)21-9-10-3-6-14(19)12-2-1-7-20-16(10)12/h1-8,21H,9H2. The van der Waals surface area contributed by atoms with Crippen LogP contribution in [0.3, 0.4) is 0 Å². The molecule has 5 heteroatoms. The zero-order valence-electron chi connectivity index (χ0n) is 10.9. The summed E-state index contributed by atoms with van der Waals surface area (Å²) in [4.78, 5) is 4.43. The van der Waals surface area contributed by atoms with Gasteiger partial charge in [0, 0.05) is 32.6 Å². The number of hydrogen-bond donors (Lipinski definition) is 1. The summed E-state index contributed by atoms with van der Waals surface area (Å²) in [5.41, 5.74) is 2.94. The highest BCUT2D eigenvalue weighted by Gasteiger charge is 2.07. The highest BCUT2D eigenvalue weighted by atomic mass is 79.9. The van der Waals surface area contributed by atoms with Crippen LogP contribution in [0.25, 0.3) is 10.9 Å². The lowest BCUT2D eigenvalue weighted by Crippen LogP contribution is -2.01. The van der Waals surface area contributed by atoms with Gasteiger partial charge in [-0.1, -0.05) is 29.3 Å². The zero-order chi connectivity index (χ0) is 14.8. The van der Waals surface area contributed by atoms with Crippen molar-refractivity contribution in [3.8, 4) is 0 Å². The van der Waals surface area contributed by atoms with Crippen LogP contribution in [0, 0.1) is 0 Å². The smallest absolute Gasteiger partial charge is 0.0766 e. The van der Waals surface area contributed by atoms with Crippen molar-refractivity contribution < 1.29 is 0 Å². The van der Waals surface area contributed by atoms with Gasteiger partial charge in [0.1, 0.15) is 0 Å². The van der Waals surface area contributed by atoms with E-state index in [2.05, 4.69) is 26.2 Å². The first-order valence-electron chi connectivity index (χ1n) is 6.36. The van der Waals surface area contributed by atoms with Crippen molar-refractivity contribution in [2.24, 2.45) is 0 Å². The maximum Gasteiger partial charge on any atom is 0.0766 e. The van der Waals surface area contributed by atoms with Crippen LogP contribution < -0.4 is 5.32 Å². The van der Waals surface area contributed by atoms with Crippen molar-refractivity contribution >= 4 is 55.7 Å². The van der Waals surface area contributed by atoms with E-state index in [0.717, 1.165) is 26.6 Å². The molecule has 106 valence electrons. The molecule has 0 saturated heterocycles. The van der Waals surface area contributed by atoms with Gasteiger partial charge in [-0.25, -0.2) is 0 Å². The fourth-order valence-electron chi connectivity index (χ4n) is 2.16. The van der Waals surface area contributed by atoms with Gasteiger partial charge in [0.05, 0.1) is 11.2 Å². The molecule has 0 atom stereocenters. The number of nitrogens with one attached hydrogen (secondary N) is 1. The maximum absolute atomic E-state index is 6.21. The Morgan fingerprint density at radius 3 is 2.81 bits per heavy atom. The highest BCUT2D eigenvalue weighted by Crippen LogP contribution is 2.28. The van der Waals surface area contributed by atoms with Crippen molar-refractivity contribution in [1.29, 1.82) is 0 Å². The van der Waals surface area contributed by atoms with Crippen molar-refractivity contribution in [2.45, 2.75) is 6.54 Å². The molecule has 1 heterocycles. The Morgan fingerprint density at radius 1 is 1.10 bits per heavy atom. The summed E-state index contributed by atoms with van der Waals surface area (Å²) < 4.78 is 0.970. The summed E-state index contributed by atoms with van der Waals surface area (Å²) in [5, 5.41) is 5.74. The van der Waals surface area contributed by atoms with Gasteiger partial charge < -0.3 is 5.32 Å². The number of nitrogens with zero attached hydrogens (tertiary/aromatic N) is 1. The largest absolute Gasteiger partial charge is 0.380 e. The SMILES string of the molecule is Clc1ccc(Br)c(NCc2ccc(Cl)c3cccnc23)c1. The minimum Gasteiger partial charge on any atom is -0.380 e. The van der Waals surface area contributed by atoms with E-state index in [1.165, 1.54) is 0 Å². The van der Waals surface area contributed by atoms with Gasteiger partial charge in [-0.15, -0.1) is 0 Å². The first kappa shape index (κ1) is 14.6. The molecule has 1 aromatic heterocycles. The van der Waals surface area contributed by atoms with Crippen LogP contribution >= 0.6 is 39.1 Å². The molecule has 0 aliphatic heterocycles. The number of rotatable bonds is 3. The molecule has 0 spiro atoms. The molecule has 0 bridgehead atoms. The Kier molecular flexibility index (Phi) is 4.34. The van der Waals surface area contributed by atoms with Gasteiger partial charge in [-0.05, 0) is 57.9 Å². The van der Waals surface area contributed by atoms with Crippen LogP contribution in [0.1, 0.15) is 5.56 Å². The predicted octanol–water partition coefficient (Wildman–Crippen LogP) is 5.92. The zero-order valence-corrected chi connectivity index (χ0v) is 14.0. The van der Waals surface area contributed by atoms with E-state index in [0.29, 0.717) is 16.6 Å². The lowest BCUT2D eigenvalue weighted by Gasteiger charge is -2.11. The minimum atomic E-state index is 0.642. The monoisotopic (exact) mass is 380 g/mol. The van der Waals surface area contributed by atoms with Gasteiger partial charge in [0.25, 0.3) is 0 Å². The predicted molar refractivity (Wildman–Crippen MR) is 93.2 cm³/mol. The number of aromatic nitrogens is 1. The van der Waals surface area contributed by atoms with Crippen molar-refractivity contribution in [1.82, 2.24) is 4.98 Å². The Hall–Kier alpha value is -1.29. The topological polar surface area (TPSA) is 24.9 Å². The Labute approximate surface area is 141 Å². The van der Waals surface area contributed by atoms with E-state index in [-0.39, 0.29) is 0 Å². The number of anilines is 1. The molecular weight excluding hydrogens is 371 g/mol. The highest BCUT2D eigenvalue weighted by molar-refractivity contribution is 9.10. The molecule has 0 saturated carbocycles. The molecule has 3 rings (SSSR count). The van der Waals surface area contributed by atoms with E-state index in [1.807, 2.05) is 42.5 Å².